The van der Waals surface area contributed by atoms with Crippen molar-refractivity contribution in [3.05, 3.63) is 33.3 Å². The molecule has 0 spiro atoms. The highest BCUT2D eigenvalue weighted by Gasteiger charge is 2.09. The van der Waals surface area contributed by atoms with E-state index in [0.29, 0.717) is 0 Å². The molecule has 0 amide bonds. The molecule has 1 unspecified atom stereocenters. The molecule has 1 heteroatoms. The van der Waals surface area contributed by atoms with Crippen molar-refractivity contribution in [1.82, 2.24) is 0 Å². The molecule has 0 saturated heterocycles. The van der Waals surface area contributed by atoms with Gasteiger partial charge in [-0.05, 0) is 72.7 Å². The van der Waals surface area contributed by atoms with Gasteiger partial charge >= 0.3 is 0 Å². The third-order valence-electron chi connectivity index (χ3n) is 3.31. The molecule has 2 rings (SSSR count). The highest BCUT2D eigenvalue weighted by atomic mass is 31.0. The topological polar surface area (TPSA) is 0 Å². The van der Waals surface area contributed by atoms with E-state index in [4.69, 9.17) is 0 Å². The largest absolute Gasteiger partial charge is 0.133 e. The predicted molar refractivity (Wildman–Crippen MR) is 67.1 cm³/mol. The standard InChI is InChI=1S/C13H17P/c1-7-6-12-10(4)14-11(5)13(12)9(3)8(7)2/h6,14H,1-5H3. The van der Waals surface area contributed by atoms with Crippen LogP contribution in [0.15, 0.2) is 6.07 Å². The van der Waals surface area contributed by atoms with Crippen molar-refractivity contribution >= 4 is 19.0 Å². The van der Waals surface area contributed by atoms with Crippen LogP contribution in [-0.4, -0.2) is 0 Å². The van der Waals surface area contributed by atoms with Gasteiger partial charge in [0.15, 0.2) is 0 Å². The van der Waals surface area contributed by atoms with E-state index in [1.807, 2.05) is 0 Å². The lowest BCUT2D eigenvalue weighted by atomic mass is 9.97. The fraction of sp³-hybridized carbons (Fsp3) is 0.385. The van der Waals surface area contributed by atoms with Crippen molar-refractivity contribution in [2.75, 3.05) is 0 Å². The average Bonchev–Trinajstić information content (AvgIpc) is 2.38. The molecule has 0 saturated carbocycles. The zero-order chi connectivity index (χ0) is 10.5. The van der Waals surface area contributed by atoms with E-state index in [-0.39, 0.29) is 0 Å². The molecule has 0 aliphatic rings. The van der Waals surface area contributed by atoms with Gasteiger partial charge in [0, 0.05) is 0 Å². The van der Waals surface area contributed by atoms with E-state index < -0.39 is 0 Å². The fourth-order valence-corrected chi connectivity index (χ4v) is 3.61. The summed E-state index contributed by atoms with van der Waals surface area (Å²) in [6, 6.07) is 2.36. The van der Waals surface area contributed by atoms with Crippen LogP contribution in [0, 0.1) is 34.6 Å². The quantitative estimate of drug-likeness (QED) is 0.596. The normalized spacial score (nSPS) is 11.8. The summed E-state index contributed by atoms with van der Waals surface area (Å²) in [6.45, 7) is 11.2. The lowest BCUT2D eigenvalue weighted by Gasteiger charge is -2.07. The smallest absolute Gasteiger partial charge is 0.00796 e. The van der Waals surface area contributed by atoms with Gasteiger partial charge in [0.05, 0.1) is 0 Å². The number of rotatable bonds is 0. The van der Waals surface area contributed by atoms with Crippen LogP contribution in [0.5, 0.6) is 0 Å². The summed E-state index contributed by atoms with van der Waals surface area (Å²) in [5.41, 5.74) is 4.38. The second-order valence-electron chi connectivity index (χ2n) is 4.24. The first-order valence-corrected chi connectivity index (χ1v) is 6.08. The summed E-state index contributed by atoms with van der Waals surface area (Å²) >= 11 is 0. The van der Waals surface area contributed by atoms with Gasteiger partial charge in [0.25, 0.3) is 0 Å². The molecule has 0 aliphatic heterocycles. The maximum Gasteiger partial charge on any atom is -0.00796 e. The zero-order valence-electron chi connectivity index (χ0n) is 9.58. The Morgan fingerprint density at radius 1 is 0.857 bits per heavy atom. The summed E-state index contributed by atoms with van der Waals surface area (Å²) in [5, 5.41) is 6.16. The van der Waals surface area contributed by atoms with Crippen LogP contribution in [0.3, 0.4) is 0 Å². The first-order chi connectivity index (χ1) is 6.52. The second-order valence-corrected chi connectivity index (χ2v) is 5.99. The maximum absolute atomic E-state index is 2.36. The number of hydrogen-bond donors (Lipinski definition) is 0. The van der Waals surface area contributed by atoms with Gasteiger partial charge in [-0.25, -0.2) is 0 Å². The van der Waals surface area contributed by atoms with Crippen molar-refractivity contribution in [2.24, 2.45) is 0 Å². The Balaban J connectivity index is 3.01. The highest BCUT2D eigenvalue weighted by molar-refractivity contribution is 7.33. The predicted octanol–water partition coefficient (Wildman–Crippen LogP) is 4.41. The number of benzene rings is 1. The Morgan fingerprint density at radius 2 is 1.50 bits per heavy atom. The molecule has 1 heterocycles. The third kappa shape index (κ3) is 1.21. The van der Waals surface area contributed by atoms with Gasteiger partial charge in [0.2, 0.25) is 0 Å². The van der Waals surface area contributed by atoms with Gasteiger partial charge < -0.3 is 0 Å². The van der Waals surface area contributed by atoms with Crippen LogP contribution in [-0.2, 0) is 0 Å². The third-order valence-corrected chi connectivity index (χ3v) is 4.58. The SMILES string of the molecule is Cc1cc2c(C)[pH]c(C)c2c(C)c1C. The minimum absolute atomic E-state index is 0.916. The lowest BCUT2D eigenvalue weighted by Crippen LogP contribution is -1.87. The maximum atomic E-state index is 2.36. The van der Waals surface area contributed by atoms with Crippen LogP contribution >= 0.6 is 8.19 Å². The van der Waals surface area contributed by atoms with E-state index in [1.165, 1.54) is 27.5 Å². The van der Waals surface area contributed by atoms with Crippen molar-refractivity contribution in [3.63, 3.8) is 0 Å². The number of aryl methyl sites for hydroxylation is 4. The van der Waals surface area contributed by atoms with Crippen LogP contribution in [0.4, 0.5) is 0 Å². The van der Waals surface area contributed by atoms with Gasteiger partial charge in [-0.15, -0.1) is 8.19 Å². The second kappa shape index (κ2) is 3.14. The molecule has 74 valence electrons. The monoisotopic (exact) mass is 204 g/mol. The number of hydrogen-bond acceptors (Lipinski definition) is 0. The van der Waals surface area contributed by atoms with Crippen LogP contribution in [0.25, 0.3) is 10.8 Å². The fourth-order valence-electron chi connectivity index (χ4n) is 2.27. The lowest BCUT2D eigenvalue weighted by molar-refractivity contribution is 1.29. The molecule has 0 fully saturated rings. The molecule has 0 aliphatic carbocycles. The van der Waals surface area contributed by atoms with Gasteiger partial charge in [-0.3, -0.25) is 0 Å². The molecule has 1 aromatic heterocycles. The summed E-state index contributed by atoms with van der Waals surface area (Å²) in [5.74, 6) is 0. The van der Waals surface area contributed by atoms with Crippen molar-refractivity contribution in [3.8, 4) is 0 Å². The van der Waals surface area contributed by atoms with Crippen LogP contribution < -0.4 is 0 Å². The van der Waals surface area contributed by atoms with E-state index in [9.17, 15) is 0 Å². The molecule has 0 radical (unpaired) electrons. The first-order valence-electron chi connectivity index (χ1n) is 5.08. The molecule has 1 aromatic carbocycles. The van der Waals surface area contributed by atoms with Crippen molar-refractivity contribution in [1.29, 1.82) is 0 Å². The van der Waals surface area contributed by atoms with Crippen molar-refractivity contribution in [2.45, 2.75) is 34.6 Å². The summed E-state index contributed by atoms with van der Waals surface area (Å²) in [4.78, 5) is 0. The molecule has 0 N–H and O–H groups in total. The first kappa shape index (κ1) is 9.80. The highest BCUT2D eigenvalue weighted by Crippen LogP contribution is 2.37. The van der Waals surface area contributed by atoms with Gasteiger partial charge in [-0.1, -0.05) is 6.07 Å². The van der Waals surface area contributed by atoms with Crippen LogP contribution in [0.1, 0.15) is 27.3 Å². The van der Waals surface area contributed by atoms with E-state index in [1.54, 1.807) is 10.6 Å². The Morgan fingerprint density at radius 3 is 2.14 bits per heavy atom. The summed E-state index contributed by atoms with van der Waals surface area (Å²) in [7, 11) is 0.916. The summed E-state index contributed by atoms with van der Waals surface area (Å²) in [6.07, 6.45) is 0. The van der Waals surface area contributed by atoms with E-state index in [2.05, 4.69) is 40.7 Å². The molecule has 1 atom stereocenters. The molecular formula is C13H17P. The Hall–Kier alpha value is -0.740. The molecular weight excluding hydrogens is 187 g/mol. The van der Waals surface area contributed by atoms with E-state index in [0.717, 1.165) is 8.19 Å². The van der Waals surface area contributed by atoms with Gasteiger partial charge in [0.1, 0.15) is 0 Å². The Labute approximate surface area is 87.4 Å². The Kier molecular flexibility index (Phi) is 2.20. The van der Waals surface area contributed by atoms with E-state index >= 15 is 0 Å². The Bertz CT molecular complexity index is 504. The zero-order valence-corrected chi connectivity index (χ0v) is 10.6. The number of fused-ring (bicyclic) bond motifs is 1. The average molecular weight is 204 g/mol. The molecule has 14 heavy (non-hydrogen) atoms. The molecule has 0 nitrogen and oxygen atoms in total. The van der Waals surface area contributed by atoms with Crippen molar-refractivity contribution < 1.29 is 0 Å². The summed E-state index contributed by atoms with van der Waals surface area (Å²) < 4.78 is 0. The van der Waals surface area contributed by atoms with Crippen LogP contribution in [0.2, 0.25) is 0 Å². The molecule has 2 aromatic rings. The minimum atomic E-state index is 0.916. The van der Waals surface area contributed by atoms with Gasteiger partial charge in [-0.2, -0.15) is 0 Å². The molecule has 0 bridgehead atoms. The minimum Gasteiger partial charge on any atom is -0.133 e.